The van der Waals surface area contributed by atoms with E-state index in [2.05, 4.69) is 17.6 Å². The number of carbonyl (C=O) groups is 1. The number of nitrogens with one attached hydrogen (secondary N) is 2. The Balaban J connectivity index is 0.00000147. The average Bonchev–Trinajstić information content (AvgIpc) is 2.77. The lowest BCUT2D eigenvalue weighted by molar-refractivity contribution is -0.128. The number of ether oxygens (including phenoxy) is 1. The van der Waals surface area contributed by atoms with Gasteiger partial charge in [-0.1, -0.05) is 0 Å². The number of halogens is 1. The largest absolute Gasteiger partial charge is 0.366 e. The fourth-order valence-electron chi connectivity index (χ4n) is 2.77. The van der Waals surface area contributed by atoms with Crippen LogP contribution >= 0.6 is 23.7 Å². The van der Waals surface area contributed by atoms with Crippen LogP contribution in [-0.4, -0.2) is 31.7 Å². The molecule has 0 saturated carbocycles. The van der Waals surface area contributed by atoms with Crippen LogP contribution in [0.4, 0.5) is 5.00 Å². The molecule has 0 bridgehead atoms. The van der Waals surface area contributed by atoms with E-state index in [1.807, 2.05) is 0 Å². The summed E-state index contributed by atoms with van der Waals surface area (Å²) in [6.45, 7) is 4.17. The zero-order chi connectivity index (χ0) is 13.2. The Bertz CT molecular complexity index is 484. The third-order valence-electron chi connectivity index (χ3n) is 3.89. The van der Waals surface area contributed by atoms with E-state index in [-0.39, 0.29) is 24.4 Å². The Kier molecular flexibility index (Phi) is 5.43. The number of anilines is 1. The molecule has 1 aromatic heterocycles. The van der Waals surface area contributed by atoms with Gasteiger partial charge in [0, 0.05) is 18.0 Å². The Labute approximate surface area is 129 Å². The summed E-state index contributed by atoms with van der Waals surface area (Å²) in [6.07, 6.45) is 4.52. The first kappa shape index (κ1) is 15.8. The first-order valence-electron chi connectivity index (χ1n) is 7.00. The minimum Gasteiger partial charge on any atom is -0.366 e. The van der Waals surface area contributed by atoms with Crippen molar-refractivity contribution in [2.75, 3.05) is 25.0 Å². The molecule has 1 atom stereocenters. The van der Waals surface area contributed by atoms with E-state index in [9.17, 15) is 4.79 Å². The number of morpholine rings is 1. The molecular weight excluding hydrogens is 296 g/mol. The summed E-state index contributed by atoms with van der Waals surface area (Å²) < 4.78 is 5.48. The van der Waals surface area contributed by atoms with Gasteiger partial charge in [0.15, 0.2) is 0 Å². The second kappa shape index (κ2) is 6.89. The van der Waals surface area contributed by atoms with E-state index in [0.717, 1.165) is 24.4 Å². The van der Waals surface area contributed by atoms with Gasteiger partial charge >= 0.3 is 0 Å². The van der Waals surface area contributed by atoms with Crippen molar-refractivity contribution in [3.05, 3.63) is 16.0 Å². The van der Waals surface area contributed by atoms with Gasteiger partial charge in [0.1, 0.15) is 6.10 Å². The molecule has 0 radical (unpaired) electrons. The first-order valence-corrected chi connectivity index (χ1v) is 7.81. The van der Waals surface area contributed by atoms with Crippen molar-refractivity contribution in [2.45, 2.75) is 38.7 Å². The normalized spacial score (nSPS) is 21.8. The van der Waals surface area contributed by atoms with Gasteiger partial charge in [0.25, 0.3) is 5.91 Å². The number of aryl methyl sites for hydroxylation is 1. The molecule has 3 rings (SSSR count). The van der Waals surface area contributed by atoms with Crippen LogP contribution in [0.2, 0.25) is 0 Å². The highest BCUT2D eigenvalue weighted by molar-refractivity contribution is 7.16. The van der Waals surface area contributed by atoms with Crippen molar-refractivity contribution in [2.24, 2.45) is 0 Å². The van der Waals surface area contributed by atoms with Gasteiger partial charge < -0.3 is 15.4 Å². The maximum absolute atomic E-state index is 12.2. The van der Waals surface area contributed by atoms with Gasteiger partial charge in [-0.3, -0.25) is 4.79 Å². The highest BCUT2D eigenvalue weighted by Crippen LogP contribution is 2.37. The molecule has 6 heteroatoms. The van der Waals surface area contributed by atoms with Crippen LogP contribution in [0.15, 0.2) is 0 Å². The molecule has 1 aromatic rings. The average molecular weight is 317 g/mol. The molecule has 112 valence electrons. The fraction of sp³-hybridized carbons (Fsp3) is 0.643. The number of amides is 1. The molecule has 4 nitrogen and oxygen atoms in total. The van der Waals surface area contributed by atoms with Crippen molar-refractivity contribution in [3.8, 4) is 0 Å². The molecule has 1 amide bonds. The highest BCUT2D eigenvalue weighted by atomic mass is 35.5. The quantitative estimate of drug-likeness (QED) is 0.880. The zero-order valence-electron chi connectivity index (χ0n) is 11.7. The van der Waals surface area contributed by atoms with Gasteiger partial charge in [0.2, 0.25) is 0 Å². The minimum atomic E-state index is -0.354. The maximum Gasteiger partial charge on any atom is 0.255 e. The van der Waals surface area contributed by atoms with E-state index in [1.165, 1.54) is 28.8 Å². The standard InChI is InChI=1S/C14H20N2O2S.ClH/c1-9-10-4-2-3-5-12(10)19-14(9)16-13(17)11-8-15-6-7-18-11;/h11,15H,2-8H2,1H3,(H,16,17);1H. The fourth-order valence-corrected chi connectivity index (χ4v) is 4.07. The Hall–Kier alpha value is -0.620. The van der Waals surface area contributed by atoms with Crippen LogP contribution in [0.1, 0.15) is 28.8 Å². The van der Waals surface area contributed by atoms with Crippen LogP contribution in [0.5, 0.6) is 0 Å². The SMILES string of the molecule is Cc1c(NC(=O)C2CNCCO2)sc2c1CCCC2.Cl. The topological polar surface area (TPSA) is 50.4 Å². The van der Waals surface area contributed by atoms with E-state index in [1.54, 1.807) is 11.3 Å². The van der Waals surface area contributed by atoms with Gasteiger partial charge in [-0.05, 0) is 43.7 Å². The minimum absolute atomic E-state index is 0. The monoisotopic (exact) mass is 316 g/mol. The van der Waals surface area contributed by atoms with Crippen LogP contribution in [-0.2, 0) is 22.4 Å². The number of thiophene rings is 1. The number of hydrogen-bond acceptors (Lipinski definition) is 4. The van der Waals surface area contributed by atoms with Crippen LogP contribution in [0, 0.1) is 6.92 Å². The molecule has 20 heavy (non-hydrogen) atoms. The predicted molar refractivity (Wildman–Crippen MR) is 84.2 cm³/mol. The molecular formula is C14H21ClN2O2S. The molecule has 1 saturated heterocycles. The van der Waals surface area contributed by atoms with E-state index >= 15 is 0 Å². The highest BCUT2D eigenvalue weighted by Gasteiger charge is 2.24. The third-order valence-corrected chi connectivity index (χ3v) is 5.20. The Morgan fingerprint density at radius 1 is 1.40 bits per heavy atom. The lowest BCUT2D eigenvalue weighted by atomic mass is 9.96. The van der Waals surface area contributed by atoms with Crippen molar-refractivity contribution < 1.29 is 9.53 Å². The van der Waals surface area contributed by atoms with Crippen molar-refractivity contribution >= 4 is 34.7 Å². The molecule has 2 N–H and O–H groups in total. The van der Waals surface area contributed by atoms with Crippen LogP contribution in [0.3, 0.4) is 0 Å². The van der Waals surface area contributed by atoms with Crippen molar-refractivity contribution in [1.82, 2.24) is 5.32 Å². The van der Waals surface area contributed by atoms with Gasteiger partial charge in [-0.25, -0.2) is 0 Å². The second-order valence-corrected chi connectivity index (χ2v) is 6.32. The molecule has 0 aromatic carbocycles. The Morgan fingerprint density at radius 3 is 2.90 bits per heavy atom. The number of hydrogen-bond donors (Lipinski definition) is 2. The summed E-state index contributed by atoms with van der Waals surface area (Å²) in [4.78, 5) is 13.6. The van der Waals surface area contributed by atoms with Crippen molar-refractivity contribution in [1.29, 1.82) is 0 Å². The smallest absolute Gasteiger partial charge is 0.255 e. The summed E-state index contributed by atoms with van der Waals surface area (Å²) in [6, 6.07) is 0. The van der Waals surface area contributed by atoms with Crippen LogP contribution in [0.25, 0.3) is 0 Å². The van der Waals surface area contributed by atoms with Gasteiger partial charge in [0.05, 0.1) is 11.6 Å². The molecule has 2 aliphatic rings. The molecule has 1 unspecified atom stereocenters. The van der Waals surface area contributed by atoms with Gasteiger partial charge in [-0.15, -0.1) is 23.7 Å². The number of rotatable bonds is 2. The summed E-state index contributed by atoms with van der Waals surface area (Å²) >= 11 is 1.75. The summed E-state index contributed by atoms with van der Waals surface area (Å²) in [5.41, 5.74) is 2.73. The predicted octanol–water partition coefficient (Wildman–Crippen LogP) is 2.28. The summed E-state index contributed by atoms with van der Waals surface area (Å²) in [5.74, 6) is -0.0195. The second-order valence-electron chi connectivity index (χ2n) is 5.22. The van der Waals surface area contributed by atoms with Crippen LogP contribution < -0.4 is 10.6 Å². The van der Waals surface area contributed by atoms with Crippen molar-refractivity contribution in [3.63, 3.8) is 0 Å². The summed E-state index contributed by atoms with van der Waals surface area (Å²) in [5, 5.41) is 7.25. The maximum atomic E-state index is 12.2. The number of carbonyl (C=O) groups excluding carboxylic acids is 1. The van der Waals surface area contributed by atoms with E-state index in [0.29, 0.717) is 13.2 Å². The Morgan fingerprint density at radius 2 is 2.20 bits per heavy atom. The molecule has 1 fully saturated rings. The molecule has 1 aliphatic heterocycles. The molecule has 1 aliphatic carbocycles. The van der Waals surface area contributed by atoms with Gasteiger partial charge in [-0.2, -0.15) is 0 Å². The van der Waals surface area contributed by atoms with E-state index in [4.69, 9.17) is 4.74 Å². The lowest BCUT2D eigenvalue weighted by Crippen LogP contribution is -2.45. The first-order chi connectivity index (χ1) is 9.25. The molecule has 0 spiro atoms. The summed E-state index contributed by atoms with van der Waals surface area (Å²) in [7, 11) is 0. The van der Waals surface area contributed by atoms with E-state index < -0.39 is 0 Å². The molecule has 2 heterocycles. The lowest BCUT2D eigenvalue weighted by Gasteiger charge is -2.22. The number of fused-ring (bicyclic) bond motifs is 1. The zero-order valence-corrected chi connectivity index (χ0v) is 13.3. The third kappa shape index (κ3) is 3.17.